The summed E-state index contributed by atoms with van der Waals surface area (Å²) in [5, 5.41) is 11.5. The van der Waals surface area contributed by atoms with Crippen LogP contribution in [0.1, 0.15) is 72.8 Å². The van der Waals surface area contributed by atoms with E-state index in [9.17, 15) is 4.79 Å². The van der Waals surface area contributed by atoms with Gasteiger partial charge in [0.15, 0.2) is 5.69 Å². The molecule has 2 bridgehead atoms. The van der Waals surface area contributed by atoms with E-state index in [1.54, 1.807) is 0 Å². The predicted molar refractivity (Wildman–Crippen MR) is 149 cm³/mol. The van der Waals surface area contributed by atoms with Gasteiger partial charge in [-0.25, -0.2) is 0 Å². The minimum absolute atomic E-state index is 0.0760. The molecule has 5 rings (SSSR count). The summed E-state index contributed by atoms with van der Waals surface area (Å²) in [6.45, 7) is 12.9. The van der Waals surface area contributed by atoms with E-state index in [1.807, 2.05) is 10.7 Å². The molecule has 1 aromatic heterocycles. The number of hydrogen-bond donors (Lipinski definition) is 3. The van der Waals surface area contributed by atoms with Crippen LogP contribution in [-0.2, 0) is 13.1 Å². The summed E-state index contributed by atoms with van der Waals surface area (Å²) in [5.74, 6) is 0.596. The van der Waals surface area contributed by atoms with Crippen molar-refractivity contribution in [1.29, 1.82) is 0 Å². The van der Waals surface area contributed by atoms with E-state index in [2.05, 4.69) is 87.7 Å². The monoisotopic (exact) mass is 499 g/mol. The molecule has 2 aliphatic rings. The minimum Gasteiger partial charge on any atom is -0.347 e. The van der Waals surface area contributed by atoms with Gasteiger partial charge in [0.1, 0.15) is 0 Å². The van der Waals surface area contributed by atoms with Crippen molar-refractivity contribution in [2.24, 2.45) is 22.5 Å². The molecule has 3 unspecified atom stereocenters. The van der Waals surface area contributed by atoms with Gasteiger partial charge in [-0.15, -0.1) is 0 Å². The molecule has 0 aliphatic heterocycles. The third kappa shape index (κ3) is 4.85. The Labute approximate surface area is 221 Å². The summed E-state index contributed by atoms with van der Waals surface area (Å²) in [7, 11) is 0. The van der Waals surface area contributed by atoms with Gasteiger partial charge in [-0.1, -0.05) is 62.7 Å². The standard InChI is InChI=1S/C31H41N5O/c1-20-6-9-22(10-7-20)18-36-27(23-11-8-21(2)24(14-23)17-33-19-32)15-26(35-36)28(37)34-29-30(3,4)25-12-13-31(29,5)16-25/h6-11,14-15,25,29,33H,12-13,16-19,32H2,1-5H3,(H,34,37). The second kappa shape index (κ2) is 9.73. The molecule has 1 heterocycles. The number of hydrogen-bond acceptors (Lipinski definition) is 4. The second-order valence-electron chi connectivity index (χ2n) is 12.2. The highest BCUT2D eigenvalue weighted by molar-refractivity contribution is 5.93. The molecular formula is C31H41N5O. The molecular weight excluding hydrogens is 458 g/mol. The number of rotatable bonds is 8. The summed E-state index contributed by atoms with van der Waals surface area (Å²) >= 11 is 0. The van der Waals surface area contributed by atoms with Crippen molar-refractivity contribution in [3.05, 3.63) is 76.5 Å². The summed E-state index contributed by atoms with van der Waals surface area (Å²) in [4.78, 5) is 13.7. The van der Waals surface area contributed by atoms with Crippen molar-refractivity contribution in [2.75, 3.05) is 6.67 Å². The maximum Gasteiger partial charge on any atom is 0.272 e. The van der Waals surface area contributed by atoms with Gasteiger partial charge in [-0.2, -0.15) is 5.10 Å². The second-order valence-corrected chi connectivity index (χ2v) is 12.2. The van der Waals surface area contributed by atoms with Crippen molar-refractivity contribution >= 4 is 5.91 Å². The molecule has 0 saturated heterocycles. The Balaban J connectivity index is 1.49. The molecule has 2 saturated carbocycles. The number of nitrogens with zero attached hydrogens (tertiary/aromatic N) is 2. The molecule has 196 valence electrons. The fourth-order valence-corrected chi connectivity index (χ4v) is 6.84. The van der Waals surface area contributed by atoms with Crippen LogP contribution in [0.3, 0.4) is 0 Å². The smallest absolute Gasteiger partial charge is 0.272 e. The lowest BCUT2D eigenvalue weighted by molar-refractivity contribution is 0.0732. The number of nitrogens with two attached hydrogens (primary N) is 1. The third-order valence-corrected chi connectivity index (χ3v) is 9.12. The van der Waals surface area contributed by atoms with Crippen LogP contribution in [0.5, 0.6) is 0 Å². The largest absolute Gasteiger partial charge is 0.347 e. The first-order chi connectivity index (χ1) is 17.6. The van der Waals surface area contributed by atoms with Gasteiger partial charge in [0.25, 0.3) is 5.91 Å². The topological polar surface area (TPSA) is 85.0 Å². The highest BCUT2D eigenvalue weighted by Gasteiger charge is 2.59. The average Bonchev–Trinajstić information content (AvgIpc) is 3.52. The number of fused-ring (bicyclic) bond motifs is 2. The number of benzene rings is 2. The lowest BCUT2D eigenvalue weighted by Gasteiger charge is -2.42. The molecule has 3 atom stereocenters. The number of aromatic nitrogens is 2. The van der Waals surface area contributed by atoms with Gasteiger partial charge in [-0.05, 0) is 78.7 Å². The van der Waals surface area contributed by atoms with E-state index < -0.39 is 0 Å². The zero-order valence-electron chi connectivity index (χ0n) is 22.9. The molecule has 2 aliphatic carbocycles. The number of carbonyl (C=O) groups is 1. The fourth-order valence-electron chi connectivity index (χ4n) is 6.84. The van der Waals surface area contributed by atoms with Gasteiger partial charge in [0.05, 0.1) is 12.2 Å². The average molecular weight is 500 g/mol. The third-order valence-electron chi connectivity index (χ3n) is 9.12. The van der Waals surface area contributed by atoms with E-state index in [-0.39, 0.29) is 22.8 Å². The van der Waals surface area contributed by atoms with Crippen LogP contribution in [0, 0.1) is 30.6 Å². The molecule has 0 spiro atoms. The lowest BCUT2D eigenvalue weighted by Crippen LogP contribution is -2.52. The van der Waals surface area contributed by atoms with Crippen molar-refractivity contribution in [3.8, 4) is 11.3 Å². The van der Waals surface area contributed by atoms with Crippen molar-refractivity contribution in [3.63, 3.8) is 0 Å². The Morgan fingerprint density at radius 3 is 2.54 bits per heavy atom. The molecule has 6 nitrogen and oxygen atoms in total. The quantitative estimate of drug-likeness (QED) is 0.374. The Kier molecular flexibility index (Phi) is 6.75. The van der Waals surface area contributed by atoms with E-state index in [4.69, 9.17) is 10.8 Å². The van der Waals surface area contributed by atoms with Crippen LogP contribution in [0.25, 0.3) is 11.3 Å². The van der Waals surface area contributed by atoms with Gasteiger partial charge in [0, 0.05) is 24.8 Å². The lowest BCUT2D eigenvalue weighted by atomic mass is 9.68. The predicted octanol–water partition coefficient (Wildman–Crippen LogP) is 5.17. The summed E-state index contributed by atoms with van der Waals surface area (Å²) in [5.41, 5.74) is 13.2. The molecule has 2 fully saturated rings. The Morgan fingerprint density at radius 1 is 1.11 bits per heavy atom. The summed E-state index contributed by atoms with van der Waals surface area (Å²) in [6, 6.07) is 17.0. The molecule has 1 amide bonds. The van der Waals surface area contributed by atoms with Crippen LogP contribution < -0.4 is 16.4 Å². The minimum atomic E-state index is -0.0760. The molecule has 6 heteroatoms. The molecule has 37 heavy (non-hydrogen) atoms. The fraction of sp³-hybridized carbons (Fsp3) is 0.484. The van der Waals surface area contributed by atoms with Crippen molar-refractivity contribution < 1.29 is 4.79 Å². The molecule has 3 aromatic rings. The van der Waals surface area contributed by atoms with Crippen LogP contribution in [0.4, 0.5) is 0 Å². The van der Waals surface area contributed by atoms with E-state index >= 15 is 0 Å². The van der Waals surface area contributed by atoms with Crippen molar-refractivity contribution in [1.82, 2.24) is 20.4 Å². The first-order valence-corrected chi connectivity index (χ1v) is 13.6. The van der Waals surface area contributed by atoms with Crippen LogP contribution in [0.2, 0.25) is 0 Å². The highest BCUT2D eigenvalue weighted by Crippen LogP contribution is 2.62. The van der Waals surface area contributed by atoms with Gasteiger partial charge in [0.2, 0.25) is 0 Å². The van der Waals surface area contributed by atoms with Crippen LogP contribution in [0.15, 0.2) is 48.5 Å². The Hall–Kier alpha value is -2.96. The number of aryl methyl sites for hydroxylation is 2. The SMILES string of the molecule is Cc1ccc(Cn2nc(C(=O)NC3C4(C)CCC(C4)C3(C)C)cc2-c2ccc(C)c(CNCN)c2)cc1. The van der Waals surface area contributed by atoms with E-state index in [1.165, 1.54) is 36.0 Å². The van der Waals surface area contributed by atoms with Crippen LogP contribution in [-0.4, -0.2) is 28.4 Å². The number of nitrogens with one attached hydrogen (secondary N) is 2. The first kappa shape index (κ1) is 25.7. The maximum absolute atomic E-state index is 13.7. The van der Waals surface area contributed by atoms with E-state index in [0.29, 0.717) is 31.4 Å². The zero-order chi connectivity index (χ0) is 26.4. The normalized spacial score (nSPS) is 23.9. The highest BCUT2D eigenvalue weighted by atomic mass is 16.2. The van der Waals surface area contributed by atoms with Crippen molar-refractivity contribution in [2.45, 2.75) is 73.0 Å². The molecule has 2 aromatic carbocycles. The summed E-state index contributed by atoms with van der Waals surface area (Å²) < 4.78 is 1.97. The van der Waals surface area contributed by atoms with Gasteiger partial charge < -0.3 is 16.4 Å². The first-order valence-electron chi connectivity index (χ1n) is 13.6. The maximum atomic E-state index is 13.7. The van der Waals surface area contributed by atoms with Crippen LogP contribution >= 0.6 is 0 Å². The molecule has 4 N–H and O–H groups in total. The van der Waals surface area contributed by atoms with Gasteiger partial charge >= 0.3 is 0 Å². The number of carbonyl (C=O) groups excluding carboxylic acids is 1. The van der Waals surface area contributed by atoms with Gasteiger partial charge in [-0.3, -0.25) is 9.48 Å². The zero-order valence-corrected chi connectivity index (χ0v) is 22.9. The Morgan fingerprint density at radius 2 is 1.86 bits per heavy atom. The summed E-state index contributed by atoms with van der Waals surface area (Å²) in [6.07, 6.45) is 3.64. The number of amides is 1. The molecule has 0 radical (unpaired) electrons. The Bertz CT molecular complexity index is 1290. The van der Waals surface area contributed by atoms with E-state index in [0.717, 1.165) is 16.8 Å².